The highest BCUT2D eigenvalue weighted by Crippen LogP contribution is 2.44. The lowest BCUT2D eigenvalue weighted by Crippen LogP contribution is -2.59. The van der Waals surface area contributed by atoms with Crippen LogP contribution in [0.3, 0.4) is 0 Å². The molecule has 5 nitrogen and oxygen atoms in total. The maximum Gasteiger partial charge on any atom is 0.352 e. The number of nitrogens with one attached hydrogen (secondary N) is 1. The van der Waals surface area contributed by atoms with E-state index in [9.17, 15) is 18.7 Å². The Labute approximate surface area is 133 Å². The van der Waals surface area contributed by atoms with Gasteiger partial charge in [0.1, 0.15) is 11.4 Å². The van der Waals surface area contributed by atoms with Crippen LogP contribution in [0, 0.1) is 6.92 Å². The molecule has 0 spiro atoms. The number of carbonyl (C=O) groups excluding carboxylic acids is 1. The van der Waals surface area contributed by atoms with E-state index in [1.54, 1.807) is 19.1 Å². The largest absolute Gasteiger partial charge is 0.383 e. The fraction of sp³-hybridized carbons (Fsp3) is 0.625. The van der Waals surface area contributed by atoms with Crippen molar-refractivity contribution in [3.8, 4) is 0 Å². The fourth-order valence-corrected chi connectivity index (χ4v) is 3.04. The number of aliphatic hydroxyl groups is 1. The molecule has 1 saturated carbocycles. The number of aromatic nitrogens is 1. The Morgan fingerprint density at radius 2 is 1.96 bits per heavy atom. The Morgan fingerprint density at radius 1 is 1.30 bits per heavy atom. The van der Waals surface area contributed by atoms with Crippen LogP contribution < -0.4 is 10.2 Å². The van der Waals surface area contributed by atoms with Crippen LogP contribution in [-0.2, 0) is 4.79 Å². The Balaban J connectivity index is 1.73. The Hall–Kier alpha value is -1.76. The predicted molar refractivity (Wildman–Crippen MR) is 82.8 cm³/mol. The number of aryl methyl sites for hydroxylation is 1. The van der Waals surface area contributed by atoms with Gasteiger partial charge in [0.15, 0.2) is 0 Å². The van der Waals surface area contributed by atoms with Crippen molar-refractivity contribution < 1.29 is 18.7 Å². The molecule has 0 radical (unpaired) electrons. The van der Waals surface area contributed by atoms with Gasteiger partial charge in [-0.3, -0.25) is 4.79 Å². The first kappa shape index (κ1) is 16.1. The van der Waals surface area contributed by atoms with Crippen molar-refractivity contribution in [3.63, 3.8) is 0 Å². The number of alkyl halides is 2. The van der Waals surface area contributed by atoms with Gasteiger partial charge in [0, 0.05) is 13.1 Å². The number of nitrogens with zero attached hydrogens (tertiary/aromatic N) is 2. The highest BCUT2D eigenvalue weighted by molar-refractivity contribution is 5.97. The zero-order chi connectivity index (χ0) is 16.7. The average molecular weight is 325 g/mol. The van der Waals surface area contributed by atoms with Crippen LogP contribution in [0.4, 0.5) is 20.3 Å². The highest BCUT2D eigenvalue weighted by Gasteiger charge is 2.61. The van der Waals surface area contributed by atoms with Crippen molar-refractivity contribution in [1.82, 2.24) is 4.98 Å². The highest BCUT2D eigenvalue weighted by atomic mass is 19.3. The normalized spacial score (nSPS) is 20.3. The first-order chi connectivity index (χ1) is 10.8. The molecule has 0 atom stereocenters. The zero-order valence-electron chi connectivity index (χ0n) is 13.1. The molecule has 1 amide bonds. The molecule has 1 aromatic heterocycles. The molecular weight excluding hydrogens is 304 g/mol. The van der Waals surface area contributed by atoms with Crippen molar-refractivity contribution in [2.45, 2.75) is 50.6 Å². The molecule has 1 aliphatic carbocycles. The third kappa shape index (κ3) is 2.78. The summed E-state index contributed by atoms with van der Waals surface area (Å²) in [6.07, 6.45) is 2.62. The lowest BCUT2D eigenvalue weighted by molar-refractivity contribution is -0.212. The zero-order valence-corrected chi connectivity index (χ0v) is 13.1. The van der Waals surface area contributed by atoms with E-state index in [0.717, 1.165) is 31.7 Å². The van der Waals surface area contributed by atoms with Gasteiger partial charge in [0.25, 0.3) is 5.91 Å². The summed E-state index contributed by atoms with van der Waals surface area (Å²) < 4.78 is 28.2. The summed E-state index contributed by atoms with van der Waals surface area (Å²) in [5.74, 6) is -4.48. The Bertz CT molecular complexity index is 611. The molecule has 2 N–H and O–H groups in total. The summed E-state index contributed by atoms with van der Waals surface area (Å²) in [4.78, 5) is 18.4. The van der Waals surface area contributed by atoms with Gasteiger partial charge >= 0.3 is 5.92 Å². The van der Waals surface area contributed by atoms with Gasteiger partial charge in [-0.15, -0.1) is 0 Å². The minimum absolute atomic E-state index is 0.0570. The van der Waals surface area contributed by atoms with E-state index in [1.807, 2.05) is 0 Å². The van der Waals surface area contributed by atoms with Gasteiger partial charge in [0.2, 0.25) is 0 Å². The predicted octanol–water partition coefficient (Wildman–Crippen LogP) is 2.48. The van der Waals surface area contributed by atoms with Gasteiger partial charge < -0.3 is 15.3 Å². The van der Waals surface area contributed by atoms with Crippen molar-refractivity contribution >= 4 is 17.4 Å². The van der Waals surface area contributed by atoms with E-state index in [4.69, 9.17) is 0 Å². The standard InChI is InChI=1S/C16H21F2N3O2/c1-11-12(5-6-13(19-11)21-9-2-3-10-21)20-14(22)16(17,18)15(23)7-4-8-15/h5-6,23H,2-4,7-10H2,1H3,(H,20,22). The number of amides is 1. The summed E-state index contributed by atoms with van der Waals surface area (Å²) in [6, 6.07) is 3.32. The molecule has 126 valence electrons. The second kappa shape index (κ2) is 5.70. The van der Waals surface area contributed by atoms with Crippen LogP contribution in [0.25, 0.3) is 0 Å². The first-order valence-electron chi connectivity index (χ1n) is 7.98. The number of anilines is 2. The third-order valence-corrected chi connectivity index (χ3v) is 4.80. The maximum absolute atomic E-state index is 14.1. The van der Waals surface area contributed by atoms with Gasteiger partial charge in [-0.2, -0.15) is 8.78 Å². The number of hydrogen-bond acceptors (Lipinski definition) is 4. The minimum Gasteiger partial charge on any atom is -0.383 e. The molecule has 7 heteroatoms. The molecule has 23 heavy (non-hydrogen) atoms. The first-order valence-corrected chi connectivity index (χ1v) is 7.98. The molecule has 2 heterocycles. The Kier molecular flexibility index (Phi) is 4.00. The van der Waals surface area contributed by atoms with E-state index in [2.05, 4.69) is 15.2 Å². The minimum atomic E-state index is -3.80. The van der Waals surface area contributed by atoms with Crippen LogP contribution in [0.2, 0.25) is 0 Å². The molecule has 3 rings (SSSR count). The fourth-order valence-electron chi connectivity index (χ4n) is 3.04. The van der Waals surface area contributed by atoms with Crippen LogP contribution in [0.5, 0.6) is 0 Å². The van der Waals surface area contributed by atoms with Gasteiger partial charge in [-0.1, -0.05) is 0 Å². The second-order valence-corrected chi connectivity index (χ2v) is 6.41. The van der Waals surface area contributed by atoms with Crippen molar-refractivity contribution in [3.05, 3.63) is 17.8 Å². The summed E-state index contributed by atoms with van der Waals surface area (Å²) in [5, 5.41) is 12.0. The molecule has 1 saturated heterocycles. The van der Waals surface area contributed by atoms with Gasteiger partial charge in [-0.05, 0) is 51.2 Å². The summed E-state index contributed by atoms with van der Waals surface area (Å²) in [5.41, 5.74) is -1.48. The number of rotatable bonds is 4. The van der Waals surface area contributed by atoms with Crippen molar-refractivity contribution in [2.24, 2.45) is 0 Å². The Morgan fingerprint density at radius 3 is 2.48 bits per heavy atom. The molecule has 0 unspecified atom stereocenters. The third-order valence-electron chi connectivity index (χ3n) is 4.80. The van der Waals surface area contributed by atoms with Gasteiger partial charge in [0.05, 0.1) is 11.4 Å². The van der Waals surface area contributed by atoms with Crippen LogP contribution in [0.1, 0.15) is 37.8 Å². The molecule has 2 fully saturated rings. The maximum atomic E-state index is 14.1. The molecular formula is C16H21F2N3O2. The molecule has 1 aliphatic heterocycles. The molecule has 1 aromatic rings. The topological polar surface area (TPSA) is 65.5 Å². The van der Waals surface area contributed by atoms with Crippen LogP contribution >= 0.6 is 0 Å². The second-order valence-electron chi connectivity index (χ2n) is 6.41. The molecule has 0 bridgehead atoms. The smallest absolute Gasteiger partial charge is 0.352 e. The van der Waals surface area contributed by atoms with Crippen molar-refractivity contribution in [1.29, 1.82) is 0 Å². The molecule has 0 aromatic carbocycles. The summed E-state index contributed by atoms with van der Waals surface area (Å²) in [7, 11) is 0. The van der Waals surface area contributed by atoms with Gasteiger partial charge in [-0.25, -0.2) is 4.98 Å². The monoisotopic (exact) mass is 325 g/mol. The number of carbonyl (C=O) groups is 1. The number of halogens is 2. The number of hydrogen-bond donors (Lipinski definition) is 2. The van der Waals surface area contributed by atoms with E-state index < -0.39 is 17.4 Å². The van der Waals surface area contributed by atoms with Crippen LogP contribution in [0.15, 0.2) is 12.1 Å². The quantitative estimate of drug-likeness (QED) is 0.892. The molecule has 2 aliphatic rings. The van der Waals surface area contributed by atoms with Crippen molar-refractivity contribution in [2.75, 3.05) is 23.3 Å². The number of pyridine rings is 1. The van der Waals surface area contributed by atoms with E-state index in [1.165, 1.54) is 0 Å². The lowest BCUT2D eigenvalue weighted by atomic mass is 9.75. The average Bonchev–Trinajstić information content (AvgIpc) is 3.00. The van der Waals surface area contributed by atoms with E-state index >= 15 is 0 Å². The van der Waals surface area contributed by atoms with Crippen LogP contribution in [-0.4, -0.2) is 40.6 Å². The van der Waals surface area contributed by atoms with E-state index in [-0.39, 0.29) is 18.5 Å². The van der Waals surface area contributed by atoms with E-state index in [0.29, 0.717) is 12.1 Å². The summed E-state index contributed by atoms with van der Waals surface area (Å²) in [6.45, 7) is 3.54. The SMILES string of the molecule is Cc1nc(N2CCCC2)ccc1NC(=O)C(F)(F)C1(O)CCC1. The lowest BCUT2D eigenvalue weighted by Gasteiger charge is -2.41. The summed E-state index contributed by atoms with van der Waals surface area (Å²) >= 11 is 0.